The normalized spacial score (nSPS) is 19.9. The van der Waals surface area contributed by atoms with Gasteiger partial charge >= 0.3 is 0 Å². The maximum Gasteiger partial charge on any atom is 0.274 e. The number of benzene rings is 2. The zero-order valence-electron chi connectivity index (χ0n) is 19.3. The van der Waals surface area contributed by atoms with Gasteiger partial charge in [0, 0.05) is 22.4 Å². The van der Waals surface area contributed by atoms with E-state index >= 15 is 0 Å². The van der Waals surface area contributed by atoms with Crippen molar-refractivity contribution in [1.29, 1.82) is 0 Å². The summed E-state index contributed by atoms with van der Waals surface area (Å²) in [5.74, 6) is -6.34. The predicted octanol–water partition coefficient (Wildman–Crippen LogP) is 4.49. The first kappa shape index (κ1) is 27.0. The molecular formula is C25H23BrF4N4O3. The Morgan fingerprint density at radius 3 is 2.62 bits per heavy atom. The van der Waals surface area contributed by atoms with Crippen LogP contribution in [0.2, 0.25) is 0 Å². The van der Waals surface area contributed by atoms with Gasteiger partial charge in [-0.25, -0.2) is 27.5 Å². The van der Waals surface area contributed by atoms with Gasteiger partial charge in [0.15, 0.2) is 0 Å². The van der Waals surface area contributed by atoms with Crippen molar-refractivity contribution in [1.82, 2.24) is 15.3 Å². The lowest BCUT2D eigenvalue weighted by atomic mass is 9.83. The second-order valence-corrected chi connectivity index (χ2v) is 9.81. The van der Waals surface area contributed by atoms with Crippen molar-refractivity contribution in [3.63, 3.8) is 0 Å². The van der Waals surface area contributed by atoms with Crippen molar-refractivity contribution in [2.75, 3.05) is 12.3 Å². The van der Waals surface area contributed by atoms with E-state index in [0.29, 0.717) is 4.47 Å². The highest BCUT2D eigenvalue weighted by Gasteiger charge is 2.45. The molecule has 3 aromatic rings. The number of rotatable bonds is 6. The van der Waals surface area contributed by atoms with Crippen molar-refractivity contribution >= 4 is 27.7 Å². The number of carbonyl (C=O) groups is 1. The van der Waals surface area contributed by atoms with Crippen molar-refractivity contribution < 1.29 is 32.6 Å². The van der Waals surface area contributed by atoms with Crippen LogP contribution in [0.3, 0.4) is 0 Å². The van der Waals surface area contributed by atoms with Crippen LogP contribution in [0.15, 0.2) is 47.1 Å². The van der Waals surface area contributed by atoms with Crippen LogP contribution in [-0.4, -0.2) is 44.7 Å². The third-order valence-corrected chi connectivity index (χ3v) is 6.75. The average Bonchev–Trinajstić information content (AvgIpc) is 2.83. The molecule has 12 heteroatoms. The first-order valence-electron chi connectivity index (χ1n) is 11.3. The Kier molecular flexibility index (Phi) is 7.81. The number of hydrogen-bond acceptors (Lipinski definition) is 6. The van der Waals surface area contributed by atoms with E-state index in [-0.39, 0.29) is 46.7 Å². The van der Waals surface area contributed by atoms with E-state index in [9.17, 15) is 32.6 Å². The Labute approximate surface area is 217 Å². The molecule has 1 heterocycles. The lowest BCUT2D eigenvalue weighted by Gasteiger charge is -2.32. The minimum absolute atomic E-state index is 0.0556. The SMILES string of the molecule is Nc1ncc(C2CC[C@H](O)C(F)(F)C2)nc1-c1ccc(C(=O)NC(CO)c2cc(F)cc(Br)c2)c(F)c1. The molecule has 0 radical (unpaired) electrons. The van der Waals surface area contributed by atoms with E-state index in [0.717, 1.165) is 12.1 Å². The van der Waals surface area contributed by atoms with Crippen LogP contribution in [0.25, 0.3) is 11.3 Å². The fourth-order valence-electron chi connectivity index (χ4n) is 4.30. The number of nitrogen functional groups attached to an aromatic ring is 1. The summed E-state index contributed by atoms with van der Waals surface area (Å²) < 4.78 is 57.2. The van der Waals surface area contributed by atoms with Gasteiger partial charge in [0.05, 0.1) is 30.1 Å². The Balaban J connectivity index is 1.57. The Morgan fingerprint density at radius 1 is 1.22 bits per heavy atom. The molecule has 0 bridgehead atoms. The molecule has 196 valence electrons. The van der Waals surface area contributed by atoms with Crippen LogP contribution in [0.1, 0.15) is 52.8 Å². The van der Waals surface area contributed by atoms with Gasteiger partial charge < -0.3 is 21.3 Å². The minimum Gasteiger partial charge on any atom is -0.394 e. The molecule has 5 N–H and O–H groups in total. The highest BCUT2D eigenvalue weighted by molar-refractivity contribution is 9.10. The van der Waals surface area contributed by atoms with Crippen LogP contribution in [0, 0.1) is 11.6 Å². The number of hydrogen-bond donors (Lipinski definition) is 4. The second-order valence-electron chi connectivity index (χ2n) is 8.89. The lowest BCUT2D eigenvalue weighted by molar-refractivity contribution is -0.136. The number of nitrogens with two attached hydrogens (primary N) is 1. The average molecular weight is 583 g/mol. The zero-order valence-corrected chi connectivity index (χ0v) is 20.9. The van der Waals surface area contributed by atoms with Gasteiger partial charge in [0.1, 0.15) is 29.3 Å². The zero-order chi connectivity index (χ0) is 26.9. The van der Waals surface area contributed by atoms with E-state index in [1.165, 1.54) is 30.5 Å². The first-order chi connectivity index (χ1) is 17.5. The number of halogens is 5. The number of alkyl halides is 2. The van der Waals surface area contributed by atoms with Crippen molar-refractivity contribution in [3.8, 4) is 11.3 Å². The Hall–Kier alpha value is -3.09. The van der Waals surface area contributed by atoms with Gasteiger partial charge in [0.2, 0.25) is 0 Å². The molecule has 2 aromatic carbocycles. The second kappa shape index (κ2) is 10.7. The van der Waals surface area contributed by atoms with E-state index in [1.807, 2.05) is 0 Å². The summed E-state index contributed by atoms with van der Waals surface area (Å²) >= 11 is 3.14. The van der Waals surface area contributed by atoms with Gasteiger partial charge in [-0.05, 0) is 48.7 Å². The largest absolute Gasteiger partial charge is 0.394 e. The number of carbonyl (C=O) groups excluding carboxylic acids is 1. The molecule has 0 aliphatic heterocycles. The number of nitrogens with zero attached hydrogens (tertiary/aromatic N) is 2. The Morgan fingerprint density at radius 2 is 1.97 bits per heavy atom. The van der Waals surface area contributed by atoms with Crippen LogP contribution in [0.5, 0.6) is 0 Å². The third kappa shape index (κ3) is 5.91. The van der Waals surface area contributed by atoms with Crippen LogP contribution in [-0.2, 0) is 0 Å². The fourth-order valence-corrected chi connectivity index (χ4v) is 4.79. The summed E-state index contributed by atoms with van der Waals surface area (Å²) in [6.07, 6.45) is -0.858. The van der Waals surface area contributed by atoms with Gasteiger partial charge in [-0.15, -0.1) is 0 Å². The first-order valence-corrected chi connectivity index (χ1v) is 12.1. The number of aromatic nitrogens is 2. The number of aliphatic hydroxyl groups excluding tert-OH is 2. The van der Waals surface area contributed by atoms with Crippen LogP contribution in [0.4, 0.5) is 23.4 Å². The molecule has 2 unspecified atom stereocenters. The maximum absolute atomic E-state index is 15.0. The van der Waals surface area contributed by atoms with Crippen molar-refractivity contribution in [2.24, 2.45) is 0 Å². The van der Waals surface area contributed by atoms with Crippen LogP contribution < -0.4 is 11.1 Å². The smallest absolute Gasteiger partial charge is 0.274 e. The monoisotopic (exact) mass is 582 g/mol. The molecule has 3 atom stereocenters. The van der Waals surface area contributed by atoms with Gasteiger partial charge in [-0.1, -0.05) is 22.0 Å². The summed E-state index contributed by atoms with van der Waals surface area (Å²) in [6, 6.07) is 6.46. The van der Waals surface area contributed by atoms with E-state index in [1.54, 1.807) is 0 Å². The van der Waals surface area contributed by atoms with Gasteiger partial charge in [0.25, 0.3) is 11.8 Å². The summed E-state index contributed by atoms with van der Waals surface area (Å²) in [7, 11) is 0. The number of amides is 1. The molecular weight excluding hydrogens is 560 g/mol. The molecule has 37 heavy (non-hydrogen) atoms. The highest BCUT2D eigenvalue weighted by Crippen LogP contribution is 2.42. The van der Waals surface area contributed by atoms with E-state index in [4.69, 9.17) is 5.73 Å². The summed E-state index contributed by atoms with van der Waals surface area (Å²) in [5.41, 5.74) is 6.34. The van der Waals surface area contributed by atoms with E-state index in [2.05, 4.69) is 31.2 Å². The summed E-state index contributed by atoms with van der Waals surface area (Å²) in [5, 5.41) is 21.7. The van der Waals surface area contributed by atoms with Crippen molar-refractivity contribution in [3.05, 3.63) is 75.5 Å². The minimum atomic E-state index is -3.26. The number of anilines is 1. The molecule has 0 spiro atoms. The molecule has 1 aromatic heterocycles. The number of aliphatic hydroxyl groups is 2. The molecule has 4 rings (SSSR count). The topological polar surface area (TPSA) is 121 Å². The lowest BCUT2D eigenvalue weighted by Crippen LogP contribution is -2.39. The molecule has 1 amide bonds. The molecule has 1 fully saturated rings. The molecule has 1 aliphatic rings. The third-order valence-electron chi connectivity index (χ3n) is 6.29. The van der Waals surface area contributed by atoms with Gasteiger partial charge in [-0.3, -0.25) is 4.79 Å². The quantitative estimate of drug-likeness (QED) is 0.318. The molecule has 0 saturated heterocycles. The maximum atomic E-state index is 15.0. The highest BCUT2D eigenvalue weighted by atomic mass is 79.9. The standard InChI is InChI=1S/C25H23BrF4N4O3/c26-15-5-14(6-16(27)8-15)20(11-35)34-24(37)17-3-1-12(7-18(17)28)22-23(31)32-10-19(33-22)13-2-4-21(36)25(29,30)9-13/h1,3,5-8,10,13,20-21,35-36H,2,4,9,11H2,(H2,31,32)(H,34,37)/t13?,20?,21-/m0/s1. The molecule has 7 nitrogen and oxygen atoms in total. The van der Waals surface area contributed by atoms with Gasteiger partial charge in [-0.2, -0.15) is 0 Å². The summed E-state index contributed by atoms with van der Waals surface area (Å²) in [4.78, 5) is 21.1. The van der Waals surface area contributed by atoms with Crippen molar-refractivity contribution in [2.45, 2.75) is 43.2 Å². The molecule has 1 aliphatic carbocycles. The predicted molar refractivity (Wildman–Crippen MR) is 131 cm³/mol. The fraction of sp³-hybridized carbons (Fsp3) is 0.320. The molecule has 1 saturated carbocycles. The van der Waals surface area contributed by atoms with Crippen LogP contribution >= 0.6 is 15.9 Å². The Bertz CT molecular complexity index is 1310. The number of nitrogens with one attached hydrogen (secondary N) is 1. The summed E-state index contributed by atoms with van der Waals surface area (Å²) in [6.45, 7) is -0.558. The van der Waals surface area contributed by atoms with E-state index < -0.39 is 54.6 Å².